The van der Waals surface area contributed by atoms with Crippen LogP contribution in [0.5, 0.6) is 5.75 Å². The second-order valence-electron chi connectivity index (χ2n) is 4.09. The number of methoxy groups -OCH3 is 1. The summed E-state index contributed by atoms with van der Waals surface area (Å²) in [5.74, 6) is 0.712. The minimum Gasteiger partial charge on any atom is -0.497 e. The van der Waals surface area contributed by atoms with E-state index in [0.29, 0.717) is 25.4 Å². The van der Waals surface area contributed by atoms with Crippen LogP contribution in [0.25, 0.3) is 0 Å². The lowest BCUT2D eigenvalue weighted by atomic mass is 10.1. The first kappa shape index (κ1) is 12.3. The number of β-amino-alcohol motifs (C(OH)–C–C–N with tert-alkyl or cyclic N) is 2. The molecule has 2 rings (SSSR count). The van der Waals surface area contributed by atoms with E-state index in [4.69, 9.17) is 9.57 Å². The van der Waals surface area contributed by atoms with E-state index in [1.807, 2.05) is 18.2 Å². The van der Waals surface area contributed by atoms with Gasteiger partial charge in [-0.25, -0.2) is 0 Å². The van der Waals surface area contributed by atoms with E-state index in [1.165, 1.54) is 0 Å². The number of hydroxylamine groups is 2. The van der Waals surface area contributed by atoms with E-state index in [2.05, 4.69) is 0 Å². The van der Waals surface area contributed by atoms with Crippen molar-refractivity contribution in [1.29, 1.82) is 0 Å². The number of benzene rings is 1. The van der Waals surface area contributed by atoms with Gasteiger partial charge in [-0.2, -0.15) is 5.06 Å². The van der Waals surface area contributed by atoms with Gasteiger partial charge < -0.3 is 14.9 Å². The Balaban J connectivity index is 1.96. The zero-order valence-electron chi connectivity index (χ0n) is 9.74. The second-order valence-corrected chi connectivity index (χ2v) is 4.09. The molecule has 0 spiro atoms. The third kappa shape index (κ3) is 3.17. The van der Waals surface area contributed by atoms with Gasteiger partial charge in [-0.1, -0.05) is 12.1 Å². The van der Waals surface area contributed by atoms with Crippen LogP contribution in [-0.4, -0.2) is 48.2 Å². The molecule has 1 heterocycles. The van der Waals surface area contributed by atoms with E-state index in [9.17, 15) is 10.2 Å². The van der Waals surface area contributed by atoms with Gasteiger partial charge >= 0.3 is 0 Å². The van der Waals surface area contributed by atoms with Crippen LogP contribution in [-0.2, 0) is 4.84 Å². The molecule has 1 saturated heterocycles. The van der Waals surface area contributed by atoms with Crippen molar-refractivity contribution in [1.82, 2.24) is 5.06 Å². The van der Waals surface area contributed by atoms with Gasteiger partial charge in [-0.3, -0.25) is 4.84 Å². The van der Waals surface area contributed by atoms with Crippen molar-refractivity contribution in [2.24, 2.45) is 0 Å². The average molecular weight is 239 g/mol. The second kappa shape index (κ2) is 5.46. The smallest absolute Gasteiger partial charge is 0.119 e. The molecule has 5 heteroatoms. The Morgan fingerprint density at radius 3 is 3.06 bits per heavy atom. The Hall–Kier alpha value is -1.14. The van der Waals surface area contributed by atoms with Crippen LogP contribution in [0.1, 0.15) is 11.7 Å². The fourth-order valence-corrected chi connectivity index (χ4v) is 1.81. The minimum absolute atomic E-state index is 0.296. The quantitative estimate of drug-likeness (QED) is 0.793. The van der Waals surface area contributed by atoms with Gasteiger partial charge in [-0.05, 0) is 17.7 Å². The van der Waals surface area contributed by atoms with Crippen molar-refractivity contribution in [2.75, 3.05) is 26.8 Å². The zero-order valence-corrected chi connectivity index (χ0v) is 9.74. The van der Waals surface area contributed by atoms with Crippen LogP contribution in [0.4, 0.5) is 0 Å². The lowest BCUT2D eigenvalue weighted by Gasteiger charge is -2.18. The van der Waals surface area contributed by atoms with E-state index in [0.717, 1.165) is 5.56 Å². The monoisotopic (exact) mass is 239 g/mol. The van der Waals surface area contributed by atoms with E-state index in [-0.39, 0.29) is 0 Å². The molecule has 17 heavy (non-hydrogen) atoms. The van der Waals surface area contributed by atoms with Crippen LogP contribution in [0, 0.1) is 0 Å². The minimum atomic E-state index is -0.657. The van der Waals surface area contributed by atoms with Crippen molar-refractivity contribution >= 4 is 0 Å². The molecule has 2 unspecified atom stereocenters. The standard InChI is InChI=1S/C12H17NO4/c1-16-11-4-2-3-9(5-11)12(15)7-13-6-10(14)8-17-13/h2-5,10,12,14-15H,6-8H2,1H3. The number of hydrogen-bond donors (Lipinski definition) is 2. The lowest BCUT2D eigenvalue weighted by molar-refractivity contribution is -0.129. The molecule has 0 aromatic heterocycles. The molecule has 0 bridgehead atoms. The molecule has 0 aliphatic carbocycles. The van der Waals surface area contributed by atoms with Gasteiger partial charge in [0.2, 0.25) is 0 Å². The van der Waals surface area contributed by atoms with Crippen molar-refractivity contribution in [2.45, 2.75) is 12.2 Å². The number of rotatable bonds is 4. The molecule has 1 aromatic carbocycles. The Labute approximate surface area is 100 Å². The topological polar surface area (TPSA) is 62.2 Å². The Kier molecular flexibility index (Phi) is 3.96. The van der Waals surface area contributed by atoms with Crippen LogP contribution >= 0.6 is 0 Å². The van der Waals surface area contributed by atoms with Gasteiger partial charge in [0, 0.05) is 0 Å². The first-order chi connectivity index (χ1) is 8.19. The molecule has 5 nitrogen and oxygen atoms in total. The summed E-state index contributed by atoms with van der Waals surface area (Å²) in [5, 5.41) is 20.9. The highest BCUT2D eigenvalue weighted by Crippen LogP contribution is 2.21. The number of aliphatic hydroxyl groups is 2. The molecule has 0 radical (unpaired) electrons. The molecular weight excluding hydrogens is 222 g/mol. The van der Waals surface area contributed by atoms with Crippen LogP contribution in [0.2, 0.25) is 0 Å². The molecule has 94 valence electrons. The molecule has 0 amide bonds. The summed E-state index contributed by atoms with van der Waals surface area (Å²) in [4.78, 5) is 5.21. The first-order valence-corrected chi connectivity index (χ1v) is 5.57. The number of nitrogens with zero attached hydrogens (tertiary/aromatic N) is 1. The Morgan fingerprint density at radius 1 is 1.59 bits per heavy atom. The summed E-state index contributed by atoms with van der Waals surface area (Å²) in [5.41, 5.74) is 0.773. The molecule has 1 aromatic rings. The van der Waals surface area contributed by atoms with Gasteiger partial charge in [-0.15, -0.1) is 0 Å². The SMILES string of the molecule is COc1cccc(C(O)CN2CC(O)CO2)c1. The molecular formula is C12H17NO4. The van der Waals surface area contributed by atoms with Gasteiger partial charge in [0.25, 0.3) is 0 Å². The maximum Gasteiger partial charge on any atom is 0.119 e. The predicted octanol–water partition coefficient (Wildman–Crippen LogP) is 0.337. The van der Waals surface area contributed by atoms with Crippen molar-refractivity contribution in [3.63, 3.8) is 0 Å². The molecule has 1 aliphatic heterocycles. The number of ether oxygens (including phenoxy) is 1. The zero-order chi connectivity index (χ0) is 12.3. The van der Waals surface area contributed by atoms with Gasteiger partial charge in [0.15, 0.2) is 0 Å². The predicted molar refractivity (Wildman–Crippen MR) is 61.5 cm³/mol. The summed E-state index contributed by atoms with van der Waals surface area (Å²) < 4.78 is 5.10. The van der Waals surface area contributed by atoms with Crippen molar-refractivity contribution in [3.8, 4) is 5.75 Å². The molecule has 1 aliphatic rings. The highest BCUT2D eigenvalue weighted by Gasteiger charge is 2.24. The lowest BCUT2D eigenvalue weighted by Crippen LogP contribution is -2.26. The molecule has 2 N–H and O–H groups in total. The maximum atomic E-state index is 10.0. The first-order valence-electron chi connectivity index (χ1n) is 5.57. The third-order valence-electron chi connectivity index (χ3n) is 2.72. The number of aliphatic hydroxyl groups excluding tert-OH is 2. The summed E-state index contributed by atoms with van der Waals surface area (Å²) in [6, 6.07) is 7.28. The normalized spacial score (nSPS) is 22.6. The molecule has 2 atom stereocenters. The van der Waals surface area contributed by atoms with Gasteiger partial charge in [0.05, 0.1) is 39.0 Å². The maximum absolute atomic E-state index is 10.0. The Morgan fingerprint density at radius 2 is 2.41 bits per heavy atom. The summed E-state index contributed by atoms with van der Waals surface area (Å²) in [6.07, 6.45) is -1.12. The largest absolute Gasteiger partial charge is 0.497 e. The third-order valence-corrected chi connectivity index (χ3v) is 2.72. The number of hydrogen-bond acceptors (Lipinski definition) is 5. The van der Waals surface area contributed by atoms with Crippen molar-refractivity contribution < 1.29 is 19.8 Å². The van der Waals surface area contributed by atoms with Crippen LogP contribution in [0.15, 0.2) is 24.3 Å². The van der Waals surface area contributed by atoms with E-state index >= 15 is 0 Å². The van der Waals surface area contributed by atoms with Crippen LogP contribution in [0.3, 0.4) is 0 Å². The highest BCUT2D eigenvalue weighted by molar-refractivity contribution is 5.29. The fraction of sp³-hybridized carbons (Fsp3) is 0.500. The average Bonchev–Trinajstić information content (AvgIpc) is 2.75. The summed E-state index contributed by atoms with van der Waals surface area (Å²) in [7, 11) is 1.59. The van der Waals surface area contributed by atoms with E-state index < -0.39 is 12.2 Å². The highest BCUT2D eigenvalue weighted by atomic mass is 16.7. The summed E-state index contributed by atoms with van der Waals surface area (Å²) >= 11 is 0. The van der Waals surface area contributed by atoms with Crippen LogP contribution < -0.4 is 4.74 Å². The fourth-order valence-electron chi connectivity index (χ4n) is 1.81. The van der Waals surface area contributed by atoms with E-state index in [1.54, 1.807) is 18.2 Å². The Bertz CT molecular complexity index is 371. The molecule has 1 fully saturated rings. The summed E-state index contributed by atoms with van der Waals surface area (Å²) in [6.45, 7) is 1.07. The molecule has 0 saturated carbocycles. The van der Waals surface area contributed by atoms with Gasteiger partial charge in [0.1, 0.15) is 5.75 Å². The van der Waals surface area contributed by atoms with Crippen molar-refractivity contribution in [3.05, 3.63) is 29.8 Å².